The first-order valence-corrected chi connectivity index (χ1v) is 10.3. The number of pyridine rings is 1. The van der Waals surface area contributed by atoms with Crippen molar-refractivity contribution >= 4 is 21.0 Å². The van der Waals surface area contributed by atoms with Crippen LogP contribution in [0.25, 0.3) is 22.7 Å². The van der Waals surface area contributed by atoms with Crippen molar-refractivity contribution in [3.05, 3.63) is 29.6 Å². The lowest BCUT2D eigenvalue weighted by molar-refractivity contribution is -0.141. The molecule has 0 unspecified atom stereocenters. The predicted molar refractivity (Wildman–Crippen MR) is 94.2 cm³/mol. The van der Waals surface area contributed by atoms with Crippen molar-refractivity contribution in [2.24, 2.45) is 7.05 Å². The molecule has 4 rings (SSSR count). The van der Waals surface area contributed by atoms with Crippen molar-refractivity contribution in [2.75, 3.05) is 5.75 Å². The van der Waals surface area contributed by atoms with Gasteiger partial charge in [-0.15, -0.1) is 10.2 Å². The van der Waals surface area contributed by atoms with Crippen LogP contribution in [0.2, 0.25) is 0 Å². The number of aryl methyl sites for hydroxylation is 1. The van der Waals surface area contributed by atoms with Crippen LogP contribution in [0.1, 0.15) is 37.1 Å². The number of hydrogen-bond donors (Lipinski definition) is 0. The van der Waals surface area contributed by atoms with E-state index in [1.54, 1.807) is 13.1 Å². The summed E-state index contributed by atoms with van der Waals surface area (Å²) in [5, 5.41) is 6.84. The maximum Gasteiger partial charge on any atom is 0.435 e. The zero-order valence-corrected chi connectivity index (χ0v) is 15.8. The van der Waals surface area contributed by atoms with Crippen LogP contribution in [0, 0.1) is 0 Å². The van der Waals surface area contributed by atoms with Crippen LogP contribution in [0.15, 0.2) is 23.1 Å². The first-order chi connectivity index (χ1) is 13.1. The number of alkyl halides is 3. The quantitative estimate of drug-likeness (QED) is 0.655. The molecule has 0 N–H and O–H groups in total. The molecule has 0 bridgehead atoms. The molecule has 0 saturated heterocycles. The summed E-state index contributed by atoms with van der Waals surface area (Å²) < 4.78 is 65.3. The van der Waals surface area contributed by atoms with Gasteiger partial charge in [-0.2, -0.15) is 13.2 Å². The fourth-order valence-electron chi connectivity index (χ4n) is 2.97. The van der Waals surface area contributed by atoms with Gasteiger partial charge in [-0.3, -0.25) is 0 Å². The number of aromatic nitrogens is 5. The Hall–Kier alpha value is -2.56. The van der Waals surface area contributed by atoms with E-state index in [0.717, 1.165) is 24.6 Å². The van der Waals surface area contributed by atoms with E-state index in [9.17, 15) is 21.6 Å². The number of halogens is 3. The summed E-state index contributed by atoms with van der Waals surface area (Å²) in [6, 6.07) is 3.99. The summed E-state index contributed by atoms with van der Waals surface area (Å²) in [7, 11) is -2.07. The van der Waals surface area contributed by atoms with Crippen LogP contribution < -0.4 is 0 Å². The van der Waals surface area contributed by atoms with Crippen LogP contribution in [-0.4, -0.2) is 38.9 Å². The number of fused-ring (bicyclic) bond motifs is 1. The van der Waals surface area contributed by atoms with Gasteiger partial charge in [0, 0.05) is 24.7 Å². The maximum absolute atomic E-state index is 12.9. The molecule has 148 valence electrons. The molecule has 3 aromatic rings. The Bertz CT molecular complexity index is 1180. The molecular weight excluding hydrogens is 395 g/mol. The molecule has 0 aliphatic heterocycles. The summed E-state index contributed by atoms with van der Waals surface area (Å²) in [5.74, 6) is 0.272. The largest absolute Gasteiger partial charge is 0.435 e. The van der Waals surface area contributed by atoms with Gasteiger partial charge in [0.2, 0.25) is 0 Å². The van der Waals surface area contributed by atoms with E-state index in [0.29, 0.717) is 0 Å². The van der Waals surface area contributed by atoms with Gasteiger partial charge in [0.05, 0.1) is 10.6 Å². The zero-order chi connectivity index (χ0) is 20.3. The Morgan fingerprint density at radius 2 is 1.89 bits per heavy atom. The zero-order valence-electron chi connectivity index (χ0n) is 15.0. The van der Waals surface area contributed by atoms with Gasteiger partial charge in [-0.25, -0.2) is 18.4 Å². The first-order valence-electron chi connectivity index (χ1n) is 8.63. The average molecular weight is 411 g/mol. The van der Waals surface area contributed by atoms with E-state index < -0.39 is 21.7 Å². The van der Waals surface area contributed by atoms with Crippen LogP contribution in [0.5, 0.6) is 0 Å². The molecule has 1 aliphatic rings. The SMILES string of the molecule is CCS(=O)(=O)c1ccc(C2CC2)nc1-c1nc2cc(C(F)(F)F)nnc2n1C. The minimum Gasteiger partial charge on any atom is -0.309 e. The van der Waals surface area contributed by atoms with Crippen molar-refractivity contribution in [1.82, 2.24) is 24.7 Å². The minimum absolute atomic E-state index is 0.00168. The van der Waals surface area contributed by atoms with E-state index in [1.165, 1.54) is 17.6 Å². The van der Waals surface area contributed by atoms with Gasteiger partial charge < -0.3 is 4.57 Å². The Morgan fingerprint density at radius 3 is 2.50 bits per heavy atom. The molecule has 0 aromatic carbocycles. The van der Waals surface area contributed by atoms with Crippen molar-refractivity contribution in [3.8, 4) is 11.5 Å². The molecule has 0 radical (unpaired) electrons. The van der Waals surface area contributed by atoms with Crippen molar-refractivity contribution in [2.45, 2.75) is 36.8 Å². The molecule has 1 saturated carbocycles. The third kappa shape index (κ3) is 3.13. The molecule has 0 spiro atoms. The summed E-state index contributed by atoms with van der Waals surface area (Å²) >= 11 is 0. The summed E-state index contributed by atoms with van der Waals surface area (Å²) in [6.07, 6.45) is -2.72. The Kier molecular flexibility index (Phi) is 4.18. The van der Waals surface area contributed by atoms with E-state index in [1.807, 2.05) is 0 Å². The second kappa shape index (κ2) is 6.23. The van der Waals surface area contributed by atoms with Gasteiger partial charge in [0.1, 0.15) is 11.2 Å². The highest BCUT2D eigenvalue weighted by atomic mass is 32.2. The lowest BCUT2D eigenvalue weighted by Gasteiger charge is -2.10. The highest BCUT2D eigenvalue weighted by molar-refractivity contribution is 7.91. The molecule has 1 fully saturated rings. The topological polar surface area (TPSA) is 90.6 Å². The molecular formula is C17H16F3N5O2S. The number of hydrogen-bond acceptors (Lipinski definition) is 6. The third-order valence-electron chi connectivity index (χ3n) is 4.71. The summed E-state index contributed by atoms with van der Waals surface area (Å²) in [4.78, 5) is 8.73. The molecule has 1 aliphatic carbocycles. The van der Waals surface area contributed by atoms with Gasteiger partial charge in [-0.1, -0.05) is 6.92 Å². The van der Waals surface area contributed by atoms with Crippen LogP contribution in [0.4, 0.5) is 13.2 Å². The van der Waals surface area contributed by atoms with E-state index >= 15 is 0 Å². The number of imidazole rings is 1. The minimum atomic E-state index is -4.65. The molecule has 3 heterocycles. The predicted octanol–water partition coefficient (Wildman–Crippen LogP) is 3.12. The van der Waals surface area contributed by atoms with Gasteiger partial charge in [0.15, 0.2) is 27.0 Å². The molecule has 11 heteroatoms. The molecule has 0 atom stereocenters. The Balaban J connectivity index is 1.96. The highest BCUT2D eigenvalue weighted by Gasteiger charge is 2.34. The monoisotopic (exact) mass is 411 g/mol. The van der Waals surface area contributed by atoms with Gasteiger partial charge in [-0.05, 0) is 25.0 Å². The van der Waals surface area contributed by atoms with Crippen molar-refractivity contribution in [3.63, 3.8) is 0 Å². The smallest absolute Gasteiger partial charge is 0.309 e. The van der Waals surface area contributed by atoms with E-state index in [2.05, 4.69) is 20.2 Å². The first kappa shape index (κ1) is 18.8. The Labute approximate surface area is 158 Å². The summed E-state index contributed by atoms with van der Waals surface area (Å²) in [6.45, 7) is 1.52. The van der Waals surface area contributed by atoms with Gasteiger partial charge in [0.25, 0.3) is 0 Å². The number of rotatable bonds is 4. The third-order valence-corrected chi connectivity index (χ3v) is 6.47. The fourth-order valence-corrected chi connectivity index (χ4v) is 3.99. The van der Waals surface area contributed by atoms with Gasteiger partial charge >= 0.3 is 6.18 Å². The van der Waals surface area contributed by atoms with Crippen LogP contribution in [0.3, 0.4) is 0 Å². The lowest BCUT2D eigenvalue weighted by Crippen LogP contribution is -2.10. The summed E-state index contributed by atoms with van der Waals surface area (Å²) in [5.41, 5.74) is -0.204. The van der Waals surface area contributed by atoms with Crippen LogP contribution in [-0.2, 0) is 23.1 Å². The second-order valence-electron chi connectivity index (χ2n) is 6.69. The molecule has 3 aromatic heterocycles. The van der Waals surface area contributed by atoms with Crippen molar-refractivity contribution in [1.29, 1.82) is 0 Å². The van der Waals surface area contributed by atoms with E-state index in [-0.39, 0.29) is 39.2 Å². The Morgan fingerprint density at radius 1 is 1.18 bits per heavy atom. The fraction of sp³-hybridized carbons (Fsp3) is 0.412. The molecule has 28 heavy (non-hydrogen) atoms. The standard InChI is InChI=1S/C17H16F3N5O2S/c1-3-28(26,27)12-7-6-10(9-4-5-9)21-14(12)16-22-11-8-13(17(18,19)20)23-24-15(11)25(16)2/h6-9H,3-5H2,1-2H3. The van der Waals surface area contributed by atoms with Crippen LogP contribution >= 0.6 is 0 Å². The normalized spacial score (nSPS) is 15.3. The molecule has 7 nitrogen and oxygen atoms in total. The average Bonchev–Trinajstić information content (AvgIpc) is 3.44. The van der Waals surface area contributed by atoms with E-state index in [4.69, 9.17) is 0 Å². The molecule has 0 amide bonds. The number of sulfone groups is 1. The maximum atomic E-state index is 12.9. The number of nitrogens with zero attached hydrogens (tertiary/aromatic N) is 5. The second-order valence-corrected chi connectivity index (χ2v) is 8.94. The van der Waals surface area contributed by atoms with Crippen molar-refractivity contribution < 1.29 is 21.6 Å². The highest BCUT2D eigenvalue weighted by Crippen LogP contribution is 2.41. The lowest BCUT2D eigenvalue weighted by atomic mass is 10.2.